The fourth-order valence-electron chi connectivity index (χ4n) is 2.07. The molecule has 1 aliphatic heterocycles. The molecule has 1 heterocycles. The molecule has 2 rings (SSSR count). The molecule has 0 bridgehead atoms. The van der Waals surface area contributed by atoms with E-state index in [9.17, 15) is 0 Å². The number of rotatable bonds is 4. The Balaban J connectivity index is 1.88. The highest BCUT2D eigenvalue weighted by Gasteiger charge is 2.15. The smallest absolute Gasteiger partial charge is 0.122 e. The summed E-state index contributed by atoms with van der Waals surface area (Å²) in [7, 11) is 0. The SMILES string of the molecule is CC(N)Cc1ccc(OC2CCCOC2)cc1. The summed E-state index contributed by atoms with van der Waals surface area (Å²) in [6, 6.07) is 8.41. The fourth-order valence-corrected chi connectivity index (χ4v) is 2.07. The van der Waals surface area contributed by atoms with Gasteiger partial charge in [0.15, 0.2) is 0 Å². The Labute approximate surface area is 103 Å². The number of ether oxygens (including phenoxy) is 2. The zero-order valence-corrected chi connectivity index (χ0v) is 10.4. The first kappa shape index (κ1) is 12.4. The van der Waals surface area contributed by atoms with Crippen LogP contribution in [-0.2, 0) is 11.2 Å². The molecule has 3 heteroatoms. The standard InChI is InChI=1S/C14H21NO2/c1-11(15)9-12-4-6-13(7-5-12)17-14-3-2-8-16-10-14/h4-7,11,14H,2-3,8-10,15H2,1H3. The second-order valence-electron chi connectivity index (χ2n) is 4.78. The van der Waals surface area contributed by atoms with Gasteiger partial charge < -0.3 is 15.2 Å². The molecule has 1 saturated heterocycles. The van der Waals surface area contributed by atoms with E-state index in [0.717, 1.165) is 31.6 Å². The Hall–Kier alpha value is -1.06. The van der Waals surface area contributed by atoms with Crippen molar-refractivity contribution in [2.75, 3.05) is 13.2 Å². The van der Waals surface area contributed by atoms with Gasteiger partial charge in [0.2, 0.25) is 0 Å². The normalized spacial score (nSPS) is 22.1. The van der Waals surface area contributed by atoms with Crippen LogP contribution in [0, 0.1) is 0 Å². The van der Waals surface area contributed by atoms with Crippen LogP contribution < -0.4 is 10.5 Å². The van der Waals surface area contributed by atoms with Crippen LogP contribution in [0.3, 0.4) is 0 Å². The van der Waals surface area contributed by atoms with Gasteiger partial charge >= 0.3 is 0 Å². The average Bonchev–Trinajstić information content (AvgIpc) is 2.32. The van der Waals surface area contributed by atoms with Gasteiger partial charge in [0, 0.05) is 12.6 Å². The van der Waals surface area contributed by atoms with E-state index in [0.29, 0.717) is 6.61 Å². The Kier molecular flexibility index (Phi) is 4.40. The van der Waals surface area contributed by atoms with Crippen LogP contribution in [0.1, 0.15) is 25.3 Å². The Bertz CT molecular complexity index is 329. The summed E-state index contributed by atoms with van der Waals surface area (Å²) in [6.07, 6.45) is 3.30. The maximum absolute atomic E-state index is 5.86. The minimum atomic E-state index is 0.202. The van der Waals surface area contributed by atoms with Gasteiger partial charge in [-0.1, -0.05) is 12.1 Å². The van der Waals surface area contributed by atoms with Crippen molar-refractivity contribution >= 4 is 0 Å². The number of hydrogen-bond acceptors (Lipinski definition) is 3. The highest BCUT2D eigenvalue weighted by molar-refractivity contribution is 5.28. The number of hydrogen-bond donors (Lipinski definition) is 1. The van der Waals surface area contributed by atoms with Crippen molar-refractivity contribution in [3.8, 4) is 5.75 Å². The molecule has 94 valence electrons. The second-order valence-corrected chi connectivity index (χ2v) is 4.78. The van der Waals surface area contributed by atoms with E-state index >= 15 is 0 Å². The van der Waals surface area contributed by atoms with E-state index in [1.54, 1.807) is 0 Å². The van der Waals surface area contributed by atoms with Gasteiger partial charge in [-0.25, -0.2) is 0 Å². The van der Waals surface area contributed by atoms with E-state index in [1.165, 1.54) is 5.56 Å². The highest BCUT2D eigenvalue weighted by atomic mass is 16.5. The molecule has 17 heavy (non-hydrogen) atoms. The summed E-state index contributed by atoms with van der Waals surface area (Å²) in [4.78, 5) is 0. The van der Waals surface area contributed by atoms with E-state index < -0.39 is 0 Å². The molecule has 0 amide bonds. The van der Waals surface area contributed by atoms with Gasteiger partial charge in [0.25, 0.3) is 0 Å². The van der Waals surface area contributed by atoms with Crippen molar-refractivity contribution in [1.82, 2.24) is 0 Å². The zero-order chi connectivity index (χ0) is 12.1. The van der Waals surface area contributed by atoms with E-state index in [-0.39, 0.29) is 12.1 Å². The molecule has 0 aromatic heterocycles. The summed E-state index contributed by atoms with van der Waals surface area (Å²) in [5.41, 5.74) is 7.02. The lowest BCUT2D eigenvalue weighted by atomic mass is 10.1. The minimum absolute atomic E-state index is 0.202. The lowest BCUT2D eigenvalue weighted by Crippen LogP contribution is -2.27. The Morgan fingerprint density at radius 2 is 2.18 bits per heavy atom. The van der Waals surface area contributed by atoms with Crippen molar-refractivity contribution in [2.24, 2.45) is 5.73 Å². The van der Waals surface area contributed by atoms with Crippen LogP contribution in [0.4, 0.5) is 0 Å². The third-order valence-corrected chi connectivity index (χ3v) is 2.90. The van der Waals surface area contributed by atoms with Crippen molar-refractivity contribution < 1.29 is 9.47 Å². The molecule has 0 aliphatic carbocycles. The summed E-state index contributed by atoms with van der Waals surface area (Å²) < 4.78 is 11.2. The monoisotopic (exact) mass is 235 g/mol. The van der Waals surface area contributed by atoms with Crippen molar-refractivity contribution in [2.45, 2.75) is 38.3 Å². The third kappa shape index (κ3) is 4.02. The van der Waals surface area contributed by atoms with Gasteiger partial charge in [-0.05, 0) is 43.9 Å². The van der Waals surface area contributed by atoms with E-state index in [4.69, 9.17) is 15.2 Å². The molecule has 2 N–H and O–H groups in total. The maximum atomic E-state index is 5.86. The summed E-state index contributed by atoms with van der Waals surface area (Å²) in [6.45, 7) is 3.60. The predicted octanol–water partition coefficient (Wildman–Crippen LogP) is 2.13. The molecule has 1 aliphatic rings. The van der Waals surface area contributed by atoms with Gasteiger partial charge in [0.05, 0.1) is 6.61 Å². The maximum Gasteiger partial charge on any atom is 0.122 e. The van der Waals surface area contributed by atoms with Gasteiger partial charge in [-0.3, -0.25) is 0 Å². The first-order valence-corrected chi connectivity index (χ1v) is 6.33. The average molecular weight is 235 g/mol. The molecule has 2 unspecified atom stereocenters. The number of nitrogens with two attached hydrogens (primary N) is 1. The molecule has 3 nitrogen and oxygen atoms in total. The molecule has 2 atom stereocenters. The van der Waals surface area contributed by atoms with E-state index in [2.05, 4.69) is 12.1 Å². The summed E-state index contributed by atoms with van der Waals surface area (Å²) >= 11 is 0. The van der Waals surface area contributed by atoms with Crippen LogP contribution in [-0.4, -0.2) is 25.4 Å². The first-order chi connectivity index (χ1) is 8.24. The van der Waals surface area contributed by atoms with Crippen molar-refractivity contribution in [3.63, 3.8) is 0 Å². The Morgan fingerprint density at radius 1 is 1.41 bits per heavy atom. The lowest BCUT2D eigenvalue weighted by Gasteiger charge is -2.23. The van der Waals surface area contributed by atoms with Gasteiger partial charge in [-0.15, -0.1) is 0 Å². The summed E-state index contributed by atoms with van der Waals surface area (Å²) in [5, 5.41) is 0. The molecular formula is C14H21NO2. The van der Waals surface area contributed by atoms with Crippen molar-refractivity contribution in [1.29, 1.82) is 0 Å². The fraction of sp³-hybridized carbons (Fsp3) is 0.571. The first-order valence-electron chi connectivity index (χ1n) is 6.33. The molecule has 0 radical (unpaired) electrons. The van der Waals surface area contributed by atoms with Crippen LogP contribution in [0.2, 0.25) is 0 Å². The lowest BCUT2D eigenvalue weighted by molar-refractivity contribution is 0.00742. The minimum Gasteiger partial charge on any atom is -0.488 e. The van der Waals surface area contributed by atoms with Gasteiger partial charge in [0.1, 0.15) is 11.9 Å². The molecule has 0 spiro atoms. The third-order valence-electron chi connectivity index (χ3n) is 2.90. The topological polar surface area (TPSA) is 44.5 Å². The van der Waals surface area contributed by atoms with Crippen LogP contribution >= 0.6 is 0 Å². The molecule has 1 aromatic carbocycles. The predicted molar refractivity (Wildman–Crippen MR) is 68.3 cm³/mol. The zero-order valence-electron chi connectivity index (χ0n) is 10.4. The van der Waals surface area contributed by atoms with Gasteiger partial charge in [-0.2, -0.15) is 0 Å². The Morgan fingerprint density at radius 3 is 2.76 bits per heavy atom. The largest absolute Gasteiger partial charge is 0.488 e. The highest BCUT2D eigenvalue weighted by Crippen LogP contribution is 2.18. The van der Waals surface area contributed by atoms with Crippen molar-refractivity contribution in [3.05, 3.63) is 29.8 Å². The number of benzene rings is 1. The van der Waals surface area contributed by atoms with Crippen LogP contribution in [0.5, 0.6) is 5.75 Å². The molecule has 1 aromatic rings. The van der Waals surface area contributed by atoms with E-state index in [1.807, 2.05) is 19.1 Å². The molecule has 0 saturated carbocycles. The molecule has 1 fully saturated rings. The van der Waals surface area contributed by atoms with Crippen LogP contribution in [0.15, 0.2) is 24.3 Å². The second kappa shape index (κ2) is 6.03. The molecular weight excluding hydrogens is 214 g/mol. The van der Waals surface area contributed by atoms with Crippen LogP contribution in [0.25, 0.3) is 0 Å². The quantitative estimate of drug-likeness (QED) is 0.869. The summed E-state index contributed by atoms with van der Waals surface area (Å²) in [5.74, 6) is 0.925.